The lowest BCUT2D eigenvalue weighted by Crippen LogP contribution is -2.42. The Labute approximate surface area is 129 Å². The minimum absolute atomic E-state index is 0.116. The van der Waals surface area contributed by atoms with Crippen molar-refractivity contribution in [1.82, 2.24) is 5.32 Å². The van der Waals surface area contributed by atoms with E-state index in [2.05, 4.69) is 5.32 Å². The van der Waals surface area contributed by atoms with E-state index in [1.165, 1.54) is 0 Å². The molecule has 3 atom stereocenters. The number of ether oxygens (including phenoxy) is 1. The Bertz CT molecular complexity index is 390. The van der Waals surface area contributed by atoms with Gasteiger partial charge in [0.2, 0.25) is 0 Å². The topological polar surface area (TPSA) is 61.7 Å². The van der Waals surface area contributed by atoms with Gasteiger partial charge in [-0.1, -0.05) is 17.7 Å². The molecule has 114 valence electrons. The highest BCUT2D eigenvalue weighted by molar-refractivity contribution is 7.99. The number of aliphatic hydroxyl groups excluding tert-OH is 2. The van der Waals surface area contributed by atoms with Gasteiger partial charge in [0, 0.05) is 22.9 Å². The average molecular weight is 320 g/mol. The van der Waals surface area contributed by atoms with Crippen molar-refractivity contribution in [2.24, 2.45) is 0 Å². The zero-order chi connectivity index (χ0) is 15.0. The van der Waals surface area contributed by atoms with Gasteiger partial charge in [-0.15, -0.1) is 0 Å². The Hall–Kier alpha value is -0.460. The number of thioether (sulfide) groups is 1. The summed E-state index contributed by atoms with van der Waals surface area (Å²) in [6.07, 6.45) is 1.34. The molecule has 0 fully saturated rings. The van der Waals surface area contributed by atoms with Gasteiger partial charge >= 0.3 is 0 Å². The molecule has 3 unspecified atom stereocenters. The highest BCUT2D eigenvalue weighted by atomic mass is 35.5. The zero-order valence-corrected chi connectivity index (χ0v) is 13.3. The Balaban J connectivity index is 2.28. The number of hydrogen-bond acceptors (Lipinski definition) is 5. The fourth-order valence-corrected chi connectivity index (χ4v) is 2.53. The van der Waals surface area contributed by atoms with Crippen LogP contribution < -0.4 is 10.1 Å². The van der Waals surface area contributed by atoms with Crippen molar-refractivity contribution in [1.29, 1.82) is 0 Å². The van der Waals surface area contributed by atoms with Crippen molar-refractivity contribution in [3.63, 3.8) is 0 Å². The van der Waals surface area contributed by atoms with E-state index >= 15 is 0 Å². The van der Waals surface area contributed by atoms with Crippen molar-refractivity contribution < 1.29 is 14.9 Å². The second-order valence-corrected chi connectivity index (χ2v) is 6.09. The second-order valence-electron chi connectivity index (χ2n) is 4.58. The molecular weight excluding hydrogens is 298 g/mol. The minimum Gasteiger partial charge on any atom is -0.491 e. The predicted octanol–water partition coefficient (Wildman–Crippen LogP) is 1.78. The van der Waals surface area contributed by atoms with Crippen LogP contribution in [0, 0.1) is 0 Å². The SMILES string of the molecule is CSC(CO)C(C)NCC(O)COc1cccc(Cl)c1. The average Bonchev–Trinajstić information content (AvgIpc) is 2.44. The lowest BCUT2D eigenvalue weighted by molar-refractivity contribution is 0.103. The van der Waals surface area contributed by atoms with Crippen LogP contribution in [-0.2, 0) is 0 Å². The molecule has 0 spiro atoms. The summed E-state index contributed by atoms with van der Waals surface area (Å²) in [6.45, 7) is 2.72. The van der Waals surface area contributed by atoms with Crippen LogP contribution in [0.15, 0.2) is 24.3 Å². The van der Waals surface area contributed by atoms with Gasteiger partial charge in [0.15, 0.2) is 0 Å². The van der Waals surface area contributed by atoms with Crippen LogP contribution in [-0.4, -0.2) is 53.6 Å². The molecule has 4 nitrogen and oxygen atoms in total. The van der Waals surface area contributed by atoms with Gasteiger partial charge in [0.05, 0.1) is 6.61 Å². The molecule has 0 amide bonds. The molecule has 0 aliphatic carbocycles. The monoisotopic (exact) mass is 319 g/mol. The third-order valence-electron chi connectivity index (χ3n) is 2.95. The van der Waals surface area contributed by atoms with Crippen molar-refractivity contribution in [2.45, 2.75) is 24.3 Å². The van der Waals surface area contributed by atoms with Crippen LogP contribution in [0.1, 0.15) is 6.92 Å². The van der Waals surface area contributed by atoms with Crippen LogP contribution in [0.4, 0.5) is 0 Å². The summed E-state index contributed by atoms with van der Waals surface area (Å²) in [5, 5.41) is 23.0. The van der Waals surface area contributed by atoms with Gasteiger partial charge in [-0.3, -0.25) is 0 Å². The number of halogens is 1. The largest absolute Gasteiger partial charge is 0.491 e. The van der Waals surface area contributed by atoms with Gasteiger partial charge in [0.1, 0.15) is 18.5 Å². The van der Waals surface area contributed by atoms with Crippen LogP contribution in [0.25, 0.3) is 0 Å². The van der Waals surface area contributed by atoms with E-state index in [0.29, 0.717) is 17.3 Å². The van der Waals surface area contributed by atoms with Gasteiger partial charge in [0.25, 0.3) is 0 Å². The summed E-state index contributed by atoms with van der Waals surface area (Å²) >= 11 is 7.45. The summed E-state index contributed by atoms with van der Waals surface area (Å²) in [5.74, 6) is 0.641. The predicted molar refractivity (Wildman–Crippen MR) is 84.8 cm³/mol. The maximum Gasteiger partial charge on any atom is 0.120 e. The minimum atomic E-state index is -0.613. The quantitative estimate of drug-likeness (QED) is 0.647. The third kappa shape index (κ3) is 6.33. The number of nitrogens with one attached hydrogen (secondary N) is 1. The maximum absolute atomic E-state index is 9.87. The normalized spacial score (nSPS) is 15.7. The van der Waals surface area contributed by atoms with E-state index in [-0.39, 0.29) is 24.5 Å². The zero-order valence-electron chi connectivity index (χ0n) is 11.8. The number of benzene rings is 1. The molecule has 3 N–H and O–H groups in total. The molecule has 1 rings (SSSR count). The lowest BCUT2D eigenvalue weighted by atomic mass is 10.2. The van der Waals surface area contributed by atoms with E-state index in [4.69, 9.17) is 16.3 Å². The molecule has 0 radical (unpaired) electrons. The number of hydrogen-bond donors (Lipinski definition) is 3. The van der Waals surface area contributed by atoms with Crippen LogP contribution in [0.5, 0.6) is 5.75 Å². The fourth-order valence-electron chi connectivity index (χ4n) is 1.70. The Kier molecular flexibility index (Phi) is 8.33. The standard InChI is InChI=1S/C14H22ClNO3S/c1-10(14(8-17)20-2)16-7-12(18)9-19-13-5-3-4-11(15)6-13/h3-6,10,12,14,16-18H,7-9H2,1-2H3. The highest BCUT2D eigenvalue weighted by Gasteiger charge is 2.16. The first-order chi connectivity index (χ1) is 9.56. The first-order valence-electron chi connectivity index (χ1n) is 6.50. The molecule has 0 aliphatic rings. The first kappa shape index (κ1) is 17.6. The molecular formula is C14H22ClNO3S. The summed E-state index contributed by atoms with van der Waals surface area (Å²) in [4.78, 5) is 0. The van der Waals surface area contributed by atoms with E-state index in [1.54, 1.807) is 36.0 Å². The molecule has 20 heavy (non-hydrogen) atoms. The molecule has 6 heteroatoms. The maximum atomic E-state index is 9.87. The molecule has 0 saturated heterocycles. The summed E-state index contributed by atoms with van der Waals surface area (Å²) in [7, 11) is 0. The second kappa shape index (κ2) is 9.47. The summed E-state index contributed by atoms with van der Waals surface area (Å²) in [5.41, 5.74) is 0. The molecule has 0 saturated carbocycles. The molecule has 0 aromatic heterocycles. The number of rotatable bonds is 9. The number of aliphatic hydroxyl groups is 2. The fraction of sp³-hybridized carbons (Fsp3) is 0.571. The van der Waals surface area contributed by atoms with Crippen molar-refractivity contribution >= 4 is 23.4 Å². The van der Waals surface area contributed by atoms with E-state index in [0.717, 1.165) is 0 Å². The van der Waals surface area contributed by atoms with Gasteiger partial charge in [-0.05, 0) is 31.4 Å². The third-order valence-corrected chi connectivity index (χ3v) is 4.35. The molecule has 0 heterocycles. The van der Waals surface area contributed by atoms with Gasteiger partial charge < -0.3 is 20.3 Å². The summed E-state index contributed by atoms with van der Waals surface area (Å²) in [6, 6.07) is 7.19. The Morgan fingerprint density at radius 2 is 2.20 bits per heavy atom. The van der Waals surface area contributed by atoms with Crippen molar-refractivity contribution in [3.8, 4) is 5.75 Å². The smallest absolute Gasteiger partial charge is 0.120 e. The summed E-state index contributed by atoms with van der Waals surface area (Å²) < 4.78 is 5.47. The van der Waals surface area contributed by atoms with Crippen molar-refractivity contribution in [2.75, 3.05) is 26.0 Å². The molecule has 1 aromatic carbocycles. The van der Waals surface area contributed by atoms with Crippen molar-refractivity contribution in [3.05, 3.63) is 29.3 Å². The first-order valence-corrected chi connectivity index (χ1v) is 8.17. The van der Waals surface area contributed by atoms with E-state index in [1.807, 2.05) is 13.2 Å². The molecule has 1 aromatic rings. The molecule has 0 bridgehead atoms. The van der Waals surface area contributed by atoms with Gasteiger partial charge in [-0.25, -0.2) is 0 Å². The highest BCUT2D eigenvalue weighted by Crippen LogP contribution is 2.17. The van der Waals surface area contributed by atoms with Crippen LogP contribution in [0.2, 0.25) is 5.02 Å². The van der Waals surface area contributed by atoms with Gasteiger partial charge in [-0.2, -0.15) is 11.8 Å². The Morgan fingerprint density at radius 1 is 1.45 bits per heavy atom. The van der Waals surface area contributed by atoms with Crippen LogP contribution >= 0.6 is 23.4 Å². The van der Waals surface area contributed by atoms with E-state index in [9.17, 15) is 10.2 Å². The lowest BCUT2D eigenvalue weighted by Gasteiger charge is -2.23. The van der Waals surface area contributed by atoms with E-state index < -0.39 is 6.10 Å². The molecule has 0 aliphatic heterocycles. The van der Waals surface area contributed by atoms with Crippen LogP contribution in [0.3, 0.4) is 0 Å². The Morgan fingerprint density at radius 3 is 2.80 bits per heavy atom.